The number of phenolic OH excluding ortho intramolecular Hbond substituents is 4. The highest BCUT2D eigenvalue weighted by Crippen LogP contribution is 2.52. The van der Waals surface area contributed by atoms with E-state index in [1.165, 1.54) is 24.3 Å². The van der Waals surface area contributed by atoms with Gasteiger partial charge in [-0.05, 0) is 47.5 Å². The Hall–Kier alpha value is -3.66. The maximum absolute atomic E-state index is 9.96. The number of fused-ring (bicyclic) bond motifs is 2. The summed E-state index contributed by atoms with van der Waals surface area (Å²) < 4.78 is 24.5. The van der Waals surface area contributed by atoms with Gasteiger partial charge in [0.15, 0.2) is 46.7 Å². The number of aliphatic hydroxyl groups excluding tert-OH is 1. The average Bonchev–Trinajstić information content (AvgIpc) is 3.49. The molecule has 0 bridgehead atoms. The summed E-state index contributed by atoms with van der Waals surface area (Å²) in [5.41, 5.74) is 2.26. The van der Waals surface area contributed by atoms with E-state index < -0.39 is 12.2 Å². The molecule has 6 atom stereocenters. The molecule has 36 heavy (non-hydrogen) atoms. The second-order valence-electron chi connectivity index (χ2n) is 9.42. The number of rotatable bonds is 4. The van der Waals surface area contributed by atoms with Crippen LogP contribution in [-0.4, -0.2) is 51.5 Å². The van der Waals surface area contributed by atoms with Crippen LogP contribution in [0.15, 0.2) is 54.6 Å². The zero-order valence-electron chi connectivity index (χ0n) is 19.2. The van der Waals surface area contributed by atoms with E-state index in [1.54, 1.807) is 18.2 Å². The molecule has 3 aliphatic heterocycles. The van der Waals surface area contributed by atoms with Crippen LogP contribution < -0.4 is 9.47 Å². The SMILES string of the molecule is OCC1Oc2cc([C@H]3OC[C@H]4[C@@H]3CO[C@@H]4c3ccc(O)c(O)c3)ccc2OC1c1ccc(O)c(O)c1. The van der Waals surface area contributed by atoms with E-state index in [-0.39, 0.29) is 53.6 Å². The summed E-state index contributed by atoms with van der Waals surface area (Å²) in [6, 6.07) is 14.7. The van der Waals surface area contributed by atoms with Crippen molar-refractivity contribution in [1.29, 1.82) is 0 Å². The minimum absolute atomic E-state index is 0.0869. The van der Waals surface area contributed by atoms with Gasteiger partial charge in [-0.25, -0.2) is 0 Å². The molecule has 3 aromatic rings. The lowest BCUT2D eigenvalue weighted by atomic mass is 9.85. The fourth-order valence-corrected chi connectivity index (χ4v) is 5.41. The Bertz CT molecular complexity index is 1290. The van der Waals surface area contributed by atoms with E-state index in [4.69, 9.17) is 18.9 Å². The van der Waals surface area contributed by atoms with Gasteiger partial charge in [-0.2, -0.15) is 0 Å². The van der Waals surface area contributed by atoms with Crippen LogP contribution in [0.25, 0.3) is 0 Å². The molecule has 0 aromatic heterocycles. The van der Waals surface area contributed by atoms with Gasteiger partial charge in [-0.3, -0.25) is 0 Å². The van der Waals surface area contributed by atoms with E-state index in [0.717, 1.165) is 11.1 Å². The van der Waals surface area contributed by atoms with Crippen molar-refractivity contribution >= 4 is 0 Å². The quantitative estimate of drug-likeness (QED) is 0.345. The molecule has 0 spiro atoms. The van der Waals surface area contributed by atoms with E-state index in [9.17, 15) is 25.5 Å². The molecular formula is C27H26O9. The number of ether oxygens (including phenoxy) is 4. The number of hydrogen-bond donors (Lipinski definition) is 5. The van der Waals surface area contributed by atoms with Gasteiger partial charge in [0.25, 0.3) is 0 Å². The molecule has 0 amide bonds. The van der Waals surface area contributed by atoms with Crippen LogP contribution in [0.4, 0.5) is 0 Å². The minimum Gasteiger partial charge on any atom is -0.504 e. The first kappa shape index (κ1) is 22.8. The van der Waals surface area contributed by atoms with Crippen LogP contribution in [0.1, 0.15) is 35.0 Å². The van der Waals surface area contributed by atoms with Crippen LogP contribution in [0.2, 0.25) is 0 Å². The molecule has 6 rings (SSSR count). The van der Waals surface area contributed by atoms with Crippen molar-refractivity contribution in [1.82, 2.24) is 0 Å². The van der Waals surface area contributed by atoms with E-state index >= 15 is 0 Å². The number of hydrogen-bond acceptors (Lipinski definition) is 9. The molecule has 2 fully saturated rings. The molecule has 2 unspecified atom stereocenters. The van der Waals surface area contributed by atoms with Crippen LogP contribution in [0.3, 0.4) is 0 Å². The first-order valence-electron chi connectivity index (χ1n) is 11.8. The monoisotopic (exact) mass is 494 g/mol. The van der Waals surface area contributed by atoms with E-state index in [2.05, 4.69) is 0 Å². The summed E-state index contributed by atoms with van der Waals surface area (Å²) in [4.78, 5) is 0. The molecule has 9 heteroatoms. The predicted molar refractivity (Wildman–Crippen MR) is 125 cm³/mol. The summed E-state index contributed by atoms with van der Waals surface area (Å²) >= 11 is 0. The van der Waals surface area contributed by atoms with Crippen LogP contribution in [-0.2, 0) is 9.47 Å². The Morgan fingerprint density at radius 1 is 0.583 bits per heavy atom. The van der Waals surface area contributed by atoms with Crippen molar-refractivity contribution in [3.8, 4) is 34.5 Å². The predicted octanol–water partition coefficient (Wildman–Crippen LogP) is 3.46. The molecule has 0 aliphatic carbocycles. The fraction of sp³-hybridized carbons (Fsp3) is 0.333. The van der Waals surface area contributed by atoms with Crippen molar-refractivity contribution in [3.05, 3.63) is 71.3 Å². The highest BCUT2D eigenvalue weighted by molar-refractivity contribution is 5.48. The second-order valence-corrected chi connectivity index (χ2v) is 9.42. The summed E-state index contributed by atoms with van der Waals surface area (Å²) in [5, 5.41) is 49.0. The Labute approximate surface area is 206 Å². The van der Waals surface area contributed by atoms with Crippen molar-refractivity contribution in [3.63, 3.8) is 0 Å². The summed E-state index contributed by atoms with van der Waals surface area (Å²) in [5.74, 6) is 0.292. The van der Waals surface area contributed by atoms with Crippen LogP contribution >= 0.6 is 0 Å². The minimum atomic E-state index is -0.713. The molecule has 0 saturated carbocycles. The highest BCUT2D eigenvalue weighted by atomic mass is 16.6. The van der Waals surface area contributed by atoms with Crippen LogP contribution in [0.5, 0.6) is 34.5 Å². The van der Waals surface area contributed by atoms with Crippen molar-refractivity contribution in [2.24, 2.45) is 11.8 Å². The van der Waals surface area contributed by atoms with Gasteiger partial charge in [0.05, 0.1) is 32.0 Å². The maximum atomic E-state index is 9.96. The smallest absolute Gasteiger partial charge is 0.163 e. The number of phenols is 4. The Morgan fingerprint density at radius 2 is 1.11 bits per heavy atom. The standard InChI is InChI=1S/C27H26O9/c28-10-24-27(14-2-5-19(30)21(32)8-14)36-22-6-3-15(9-23(22)35-24)26-17-12-33-25(16(17)11-34-26)13-1-4-18(29)20(31)7-13/h1-9,16-17,24-32H,10-12H2/t16-,17-,24?,25+,26+,27?/m0/s1. The van der Waals surface area contributed by atoms with Gasteiger partial charge >= 0.3 is 0 Å². The molecule has 2 saturated heterocycles. The van der Waals surface area contributed by atoms with E-state index in [0.29, 0.717) is 30.3 Å². The van der Waals surface area contributed by atoms with Gasteiger partial charge in [0, 0.05) is 17.4 Å². The van der Waals surface area contributed by atoms with Crippen molar-refractivity contribution < 1.29 is 44.5 Å². The summed E-state index contributed by atoms with van der Waals surface area (Å²) in [6.07, 6.45) is -1.85. The Kier molecular flexibility index (Phi) is 5.55. The highest BCUT2D eigenvalue weighted by Gasteiger charge is 2.48. The van der Waals surface area contributed by atoms with Gasteiger partial charge in [0.1, 0.15) is 0 Å². The molecule has 188 valence electrons. The number of aromatic hydroxyl groups is 4. The lowest BCUT2D eigenvalue weighted by molar-refractivity contribution is -0.0130. The number of aliphatic hydroxyl groups is 1. The zero-order valence-corrected chi connectivity index (χ0v) is 19.2. The van der Waals surface area contributed by atoms with Gasteiger partial charge < -0.3 is 44.5 Å². The molecule has 0 radical (unpaired) electrons. The Morgan fingerprint density at radius 3 is 1.67 bits per heavy atom. The van der Waals surface area contributed by atoms with Gasteiger partial charge in [-0.15, -0.1) is 0 Å². The molecule has 5 N–H and O–H groups in total. The summed E-state index contributed by atoms with van der Waals surface area (Å²) in [6.45, 7) is 0.666. The van der Waals surface area contributed by atoms with E-state index in [1.807, 2.05) is 12.1 Å². The molecule has 9 nitrogen and oxygen atoms in total. The third-order valence-corrected chi connectivity index (χ3v) is 7.27. The molecule has 3 heterocycles. The first-order valence-corrected chi connectivity index (χ1v) is 11.8. The van der Waals surface area contributed by atoms with Crippen molar-refractivity contribution in [2.75, 3.05) is 19.8 Å². The molecular weight excluding hydrogens is 468 g/mol. The van der Waals surface area contributed by atoms with Gasteiger partial charge in [-0.1, -0.05) is 18.2 Å². The Balaban J connectivity index is 1.23. The third-order valence-electron chi connectivity index (χ3n) is 7.27. The number of benzene rings is 3. The largest absolute Gasteiger partial charge is 0.504 e. The lowest BCUT2D eigenvalue weighted by Gasteiger charge is -2.34. The average molecular weight is 494 g/mol. The maximum Gasteiger partial charge on any atom is 0.163 e. The van der Waals surface area contributed by atoms with Crippen LogP contribution in [0, 0.1) is 11.8 Å². The molecule has 3 aliphatic rings. The third kappa shape index (κ3) is 3.76. The molecule has 3 aromatic carbocycles. The fourth-order valence-electron chi connectivity index (χ4n) is 5.41. The van der Waals surface area contributed by atoms with Crippen molar-refractivity contribution in [2.45, 2.75) is 24.4 Å². The summed E-state index contributed by atoms with van der Waals surface area (Å²) in [7, 11) is 0. The second kappa shape index (κ2) is 8.77. The normalized spacial score (nSPS) is 28.7. The zero-order chi connectivity index (χ0) is 25.0. The lowest BCUT2D eigenvalue weighted by Crippen LogP contribution is -2.36. The first-order chi connectivity index (χ1) is 17.4. The topological polar surface area (TPSA) is 138 Å². The van der Waals surface area contributed by atoms with Gasteiger partial charge in [0.2, 0.25) is 0 Å².